The number of nitrogens with zero attached hydrogens (tertiary/aromatic N) is 2. The topological polar surface area (TPSA) is 29.9 Å². The van der Waals surface area contributed by atoms with Crippen LogP contribution < -0.4 is 5.32 Å². The van der Waals surface area contributed by atoms with E-state index in [1.165, 1.54) is 22.4 Å². The molecular weight excluding hydrogens is 361 g/mol. The lowest BCUT2D eigenvalue weighted by atomic mass is 10.1. The molecule has 0 radical (unpaired) electrons. The molecule has 1 aliphatic rings. The van der Waals surface area contributed by atoms with Crippen LogP contribution >= 0.6 is 34.5 Å². The fourth-order valence-corrected chi connectivity index (χ4v) is 4.53. The van der Waals surface area contributed by atoms with Crippen LogP contribution in [-0.2, 0) is 6.42 Å². The number of aromatic nitrogens is 2. The third kappa shape index (κ3) is 2.94. The predicted molar refractivity (Wildman–Crippen MR) is 103 cm³/mol. The summed E-state index contributed by atoms with van der Waals surface area (Å²) in [5.41, 5.74) is 4.50. The summed E-state index contributed by atoms with van der Waals surface area (Å²) < 4.78 is 1.95. The standard InChI is InChI=1S/C18H17Cl2N3S/c1-11-6-16(24-10-11)17-15-4-2-3-5-21-18(15)23(22-17)14-8-12(19)7-13(20)9-14/h6-10,21H,2-5H2,1H3. The molecule has 0 fully saturated rings. The van der Waals surface area contributed by atoms with Crippen molar-refractivity contribution >= 4 is 40.4 Å². The maximum atomic E-state index is 6.20. The lowest BCUT2D eigenvalue weighted by Gasteiger charge is -2.10. The molecule has 3 aromatic rings. The Morgan fingerprint density at radius 3 is 2.62 bits per heavy atom. The highest BCUT2D eigenvalue weighted by atomic mass is 35.5. The molecule has 0 bridgehead atoms. The van der Waals surface area contributed by atoms with Gasteiger partial charge < -0.3 is 5.32 Å². The minimum atomic E-state index is 0.615. The van der Waals surface area contributed by atoms with Gasteiger partial charge in [0, 0.05) is 22.2 Å². The SMILES string of the molecule is Cc1csc(-c2nn(-c3cc(Cl)cc(Cl)c3)c3c2CCCCN3)c1. The van der Waals surface area contributed by atoms with Gasteiger partial charge in [0.1, 0.15) is 11.5 Å². The number of hydrogen-bond donors (Lipinski definition) is 1. The Hall–Kier alpha value is -1.49. The second-order valence-corrected chi connectivity index (χ2v) is 7.87. The summed E-state index contributed by atoms with van der Waals surface area (Å²) in [6, 6.07) is 7.74. The molecule has 1 aliphatic heterocycles. The van der Waals surface area contributed by atoms with Crippen LogP contribution in [0.1, 0.15) is 24.0 Å². The number of rotatable bonds is 2. The molecule has 0 amide bonds. The van der Waals surface area contributed by atoms with Crippen LogP contribution in [0.4, 0.5) is 5.82 Å². The van der Waals surface area contributed by atoms with Crippen LogP contribution in [0.25, 0.3) is 16.3 Å². The van der Waals surface area contributed by atoms with Crippen molar-refractivity contribution in [3.8, 4) is 16.3 Å². The predicted octanol–water partition coefficient (Wildman–Crippen LogP) is 5.96. The van der Waals surface area contributed by atoms with Crippen molar-refractivity contribution in [3.63, 3.8) is 0 Å². The monoisotopic (exact) mass is 377 g/mol. The number of thiophene rings is 1. The van der Waals surface area contributed by atoms with Gasteiger partial charge in [-0.3, -0.25) is 0 Å². The quantitative estimate of drug-likeness (QED) is 0.596. The van der Waals surface area contributed by atoms with E-state index in [4.69, 9.17) is 28.3 Å². The number of nitrogens with one attached hydrogen (secondary N) is 1. The highest BCUT2D eigenvalue weighted by Gasteiger charge is 2.22. The fraction of sp³-hybridized carbons (Fsp3) is 0.278. The van der Waals surface area contributed by atoms with Gasteiger partial charge in [-0.25, -0.2) is 4.68 Å². The Morgan fingerprint density at radius 2 is 1.92 bits per heavy atom. The van der Waals surface area contributed by atoms with Gasteiger partial charge in [0.2, 0.25) is 0 Å². The molecule has 0 saturated heterocycles. The molecule has 0 unspecified atom stereocenters. The number of fused-ring (bicyclic) bond motifs is 1. The largest absolute Gasteiger partial charge is 0.370 e. The lowest BCUT2D eigenvalue weighted by molar-refractivity contribution is 0.780. The van der Waals surface area contributed by atoms with E-state index in [9.17, 15) is 0 Å². The van der Waals surface area contributed by atoms with Gasteiger partial charge in [0.25, 0.3) is 0 Å². The molecule has 4 rings (SSSR count). The third-order valence-electron chi connectivity index (χ3n) is 4.19. The van der Waals surface area contributed by atoms with E-state index in [1.54, 1.807) is 17.4 Å². The minimum Gasteiger partial charge on any atom is -0.370 e. The first-order valence-electron chi connectivity index (χ1n) is 7.99. The van der Waals surface area contributed by atoms with Crippen molar-refractivity contribution in [1.82, 2.24) is 9.78 Å². The molecule has 0 saturated carbocycles. The number of benzene rings is 1. The van der Waals surface area contributed by atoms with Gasteiger partial charge in [-0.2, -0.15) is 5.10 Å². The minimum absolute atomic E-state index is 0.615. The Labute approximate surface area is 155 Å². The van der Waals surface area contributed by atoms with Crippen molar-refractivity contribution in [3.05, 3.63) is 50.8 Å². The summed E-state index contributed by atoms with van der Waals surface area (Å²) in [4.78, 5) is 1.21. The molecule has 24 heavy (non-hydrogen) atoms. The Morgan fingerprint density at radius 1 is 1.12 bits per heavy atom. The van der Waals surface area contributed by atoms with Crippen LogP contribution in [0.3, 0.4) is 0 Å². The summed E-state index contributed by atoms with van der Waals surface area (Å²) in [5.74, 6) is 1.06. The zero-order valence-electron chi connectivity index (χ0n) is 13.3. The Kier molecular flexibility index (Phi) is 4.29. The van der Waals surface area contributed by atoms with Crippen LogP contribution in [-0.4, -0.2) is 16.3 Å². The van der Waals surface area contributed by atoms with Crippen LogP contribution in [0, 0.1) is 6.92 Å². The van der Waals surface area contributed by atoms with Crippen molar-refractivity contribution in [2.75, 3.05) is 11.9 Å². The first kappa shape index (κ1) is 16.0. The molecule has 3 nitrogen and oxygen atoms in total. The van der Waals surface area contributed by atoms with E-state index >= 15 is 0 Å². The molecule has 6 heteroatoms. The van der Waals surface area contributed by atoms with Gasteiger partial charge in [0.15, 0.2) is 0 Å². The average molecular weight is 378 g/mol. The lowest BCUT2D eigenvalue weighted by Crippen LogP contribution is -2.07. The van der Waals surface area contributed by atoms with E-state index in [0.717, 1.165) is 36.6 Å². The van der Waals surface area contributed by atoms with Crippen LogP contribution in [0.15, 0.2) is 29.6 Å². The molecule has 0 aliphatic carbocycles. The van der Waals surface area contributed by atoms with Gasteiger partial charge in [-0.15, -0.1) is 11.3 Å². The van der Waals surface area contributed by atoms with Crippen molar-refractivity contribution in [2.24, 2.45) is 0 Å². The third-order valence-corrected chi connectivity index (χ3v) is 5.68. The van der Waals surface area contributed by atoms with Gasteiger partial charge in [-0.1, -0.05) is 23.2 Å². The van der Waals surface area contributed by atoms with Crippen molar-refractivity contribution in [2.45, 2.75) is 26.2 Å². The molecule has 2 aromatic heterocycles. The summed E-state index contributed by atoms with van der Waals surface area (Å²) >= 11 is 14.1. The summed E-state index contributed by atoms with van der Waals surface area (Å²) in [5, 5.41) is 11.9. The van der Waals surface area contributed by atoms with E-state index in [-0.39, 0.29) is 0 Å². The van der Waals surface area contributed by atoms with E-state index in [1.807, 2.05) is 16.8 Å². The van der Waals surface area contributed by atoms with Crippen LogP contribution in [0.5, 0.6) is 0 Å². The average Bonchev–Trinajstić information content (AvgIpc) is 3.02. The first-order chi connectivity index (χ1) is 11.6. The highest BCUT2D eigenvalue weighted by molar-refractivity contribution is 7.13. The van der Waals surface area contributed by atoms with Gasteiger partial charge in [0.05, 0.1) is 10.6 Å². The number of hydrogen-bond acceptors (Lipinski definition) is 3. The van der Waals surface area contributed by atoms with Crippen LogP contribution in [0.2, 0.25) is 10.0 Å². The maximum absolute atomic E-state index is 6.20. The molecule has 0 spiro atoms. The summed E-state index contributed by atoms with van der Waals surface area (Å²) in [6.45, 7) is 3.07. The number of halogens is 2. The van der Waals surface area contributed by atoms with Crippen molar-refractivity contribution in [1.29, 1.82) is 0 Å². The Balaban J connectivity index is 1.92. The number of aryl methyl sites for hydroxylation is 1. The molecular formula is C18H17Cl2N3S. The highest BCUT2D eigenvalue weighted by Crippen LogP contribution is 2.37. The molecule has 124 valence electrons. The molecule has 0 atom stereocenters. The smallest absolute Gasteiger partial charge is 0.133 e. The van der Waals surface area contributed by atoms with E-state index in [0.29, 0.717) is 10.0 Å². The summed E-state index contributed by atoms with van der Waals surface area (Å²) in [6.07, 6.45) is 3.36. The second-order valence-electron chi connectivity index (χ2n) is 6.09. The molecule has 3 heterocycles. The van der Waals surface area contributed by atoms with E-state index < -0.39 is 0 Å². The normalized spacial score (nSPS) is 14.1. The molecule has 1 N–H and O–H groups in total. The Bertz CT molecular complexity index is 878. The first-order valence-corrected chi connectivity index (χ1v) is 9.63. The van der Waals surface area contributed by atoms with Gasteiger partial charge in [-0.05, 0) is 61.4 Å². The second kappa shape index (κ2) is 6.43. The fourth-order valence-electron chi connectivity index (χ4n) is 3.10. The van der Waals surface area contributed by atoms with Crippen molar-refractivity contribution < 1.29 is 0 Å². The number of anilines is 1. The summed E-state index contributed by atoms with van der Waals surface area (Å²) in [7, 11) is 0. The van der Waals surface area contributed by atoms with E-state index in [2.05, 4.69) is 23.7 Å². The molecule has 1 aromatic carbocycles. The zero-order valence-corrected chi connectivity index (χ0v) is 15.6. The maximum Gasteiger partial charge on any atom is 0.133 e. The zero-order chi connectivity index (χ0) is 16.7. The van der Waals surface area contributed by atoms with Gasteiger partial charge >= 0.3 is 0 Å².